The zero-order valence-corrected chi connectivity index (χ0v) is 13.8. The van der Waals surface area contributed by atoms with Crippen molar-refractivity contribution < 1.29 is 14.4 Å². The first kappa shape index (κ1) is 16.0. The van der Waals surface area contributed by atoms with Gasteiger partial charge in [0.25, 0.3) is 11.8 Å². The Balaban J connectivity index is 2.03. The molecule has 0 atom stereocenters. The second kappa shape index (κ2) is 5.98. The highest BCUT2D eigenvalue weighted by Gasteiger charge is 2.31. The number of amides is 4. The highest BCUT2D eigenvalue weighted by atomic mass is 35.5. The van der Waals surface area contributed by atoms with Crippen LogP contribution in [0.5, 0.6) is 0 Å². The molecule has 1 saturated heterocycles. The summed E-state index contributed by atoms with van der Waals surface area (Å²) in [4.78, 5) is 37.1. The predicted molar refractivity (Wildman–Crippen MR) is 90.2 cm³/mol. The fourth-order valence-corrected chi connectivity index (χ4v) is 2.89. The Morgan fingerprint density at radius 2 is 1.38 bits per heavy atom. The van der Waals surface area contributed by atoms with E-state index in [1.165, 1.54) is 0 Å². The number of benzene rings is 1. The van der Waals surface area contributed by atoms with Gasteiger partial charge in [-0.3, -0.25) is 20.2 Å². The van der Waals surface area contributed by atoms with Crippen molar-refractivity contribution in [2.24, 2.45) is 0 Å². The maximum Gasteiger partial charge on any atom is 0.328 e. The summed E-state index contributed by atoms with van der Waals surface area (Å²) in [5.74, 6) is -1.40. The van der Waals surface area contributed by atoms with Crippen molar-refractivity contribution >= 4 is 35.1 Å². The molecule has 0 radical (unpaired) electrons. The van der Waals surface area contributed by atoms with Gasteiger partial charge in [-0.1, -0.05) is 11.6 Å². The molecular formula is C17H14ClN3O3. The third kappa shape index (κ3) is 2.83. The van der Waals surface area contributed by atoms with E-state index in [1.807, 2.05) is 30.9 Å². The normalized spacial score (nSPS) is 18.1. The van der Waals surface area contributed by atoms with Crippen molar-refractivity contribution in [3.05, 3.63) is 64.0 Å². The molecule has 0 bridgehead atoms. The summed E-state index contributed by atoms with van der Waals surface area (Å²) < 4.78 is 0. The zero-order chi connectivity index (χ0) is 17.4. The Labute approximate surface area is 143 Å². The largest absolute Gasteiger partial charge is 0.328 e. The Bertz CT molecular complexity index is 806. The molecule has 24 heavy (non-hydrogen) atoms. The van der Waals surface area contributed by atoms with Crippen LogP contribution in [0, 0.1) is 0 Å². The van der Waals surface area contributed by atoms with Crippen molar-refractivity contribution in [2.45, 2.75) is 13.8 Å². The van der Waals surface area contributed by atoms with Crippen molar-refractivity contribution in [3.8, 4) is 0 Å². The van der Waals surface area contributed by atoms with Crippen molar-refractivity contribution in [2.75, 3.05) is 4.90 Å². The van der Waals surface area contributed by atoms with Gasteiger partial charge in [-0.05, 0) is 55.8 Å². The number of rotatable bonds is 1. The average Bonchev–Trinajstić information content (AvgIpc) is 2.47. The van der Waals surface area contributed by atoms with E-state index in [0.717, 1.165) is 17.1 Å². The molecule has 1 aromatic carbocycles. The van der Waals surface area contributed by atoms with Gasteiger partial charge in [-0.2, -0.15) is 0 Å². The van der Waals surface area contributed by atoms with Gasteiger partial charge in [0.1, 0.15) is 5.57 Å². The maximum atomic E-state index is 12.0. The molecule has 0 spiro atoms. The SMILES string of the molecule is CC1=CC(=C2C(=O)NC(=O)NC2=O)C=C(C)N1c1ccc(Cl)cc1. The van der Waals surface area contributed by atoms with Gasteiger partial charge in [0, 0.05) is 22.1 Å². The number of hydrogen-bond donors (Lipinski definition) is 2. The van der Waals surface area contributed by atoms with Gasteiger partial charge < -0.3 is 4.90 Å². The van der Waals surface area contributed by atoms with Crippen LogP contribution < -0.4 is 15.5 Å². The van der Waals surface area contributed by atoms with E-state index in [2.05, 4.69) is 10.6 Å². The number of halogens is 1. The molecule has 0 aromatic heterocycles. The molecule has 1 fully saturated rings. The Morgan fingerprint density at radius 1 is 0.875 bits per heavy atom. The molecule has 0 aliphatic carbocycles. The summed E-state index contributed by atoms with van der Waals surface area (Å²) in [5, 5.41) is 4.80. The minimum Gasteiger partial charge on any atom is -0.318 e. The monoisotopic (exact) mass is 343 g/mol. The van der Waals surface area contributed by atoms with Crippen molar-refractivity contribution in [1.29, 1.82) is 0 Å². The minimum absolute atomic E-state index is 0.0796. The van der Waals surface area contributed by atoms with Gasteiger partial charge in [0.15, 0.2) is 0 Å². The van der Waals surface area contributed by atoms with Crippen LogP contribution in [0.3, 0.4) is 0 Å². The van der Waals surface area contributed by atoms with Crippen LogP contribution in [0.1, 0.15) is 13.8 Å². The standard InChI is InChI=1S/C17H14ClN3O3/c1-9-7-11(14-15(22)19-17(24)20-16(14)23)8-10(2)21(9)13-5-3-12(18)4-6-13/h3-8H,1-2H3,(H2,19,20,22,23,24). The number of barbiturate groups is 1. The number of hydrogen-bond acceptors (Lipinski definition) is 4. The molecule has 1 aromatic rings. The summed E-state index contributed by atoms with van der Waals surface area (Å²) in [5.41, 5.74) is 2.95. The lowest BCUT2D eigenvalue weighted by Crippen LogP contribution is -2.51. The average molecular weight is 344 g/mol. The van der Waals surface area contributed by atoms with Gasteiger partial charge in [0.05, 0.1) is 0 Å². The van der Waals surface area contributed by atoms with E-state index in [4.69, 9.17) is 11.6 Å². The number of nitrogens with zero attached hydrogens (tertiary/aromatic N) is 1. The molecule has 7 heteroatoms. The fraction of sp³-hybridized carbons (Fsp3) is 0.118. The minimum atomic E-state index is -0.811. The van der Waals surface area contributed by atoms with E-state index in [9.17, 15) is 14.4 Å². The summed E-state index contributed by atoms with van der Waals surface area (Å²) in [6.07, 6.45) is 3.46. The number of allylic oxidation sites excluding steroid dienone is 5. The van der Waals surface area contributed by atoms with Crippen LogP contribution in [-0.4, -0.2) is 17.8 Å². The molecule has 122 valence electrons. The smallest absolute Gasteiger partial charge is 0.318 e. The second-order valence-electron chi connectivity index (χ2n) is 5.45. The predicted octanol–water partition coefficient (Wildman–Crippen LogP) is 2.63. The Kier molecular flexibility index (Phi) is 3.99. The first-order chi connectivity index (χ1) is 11.4. The van der Waals surface area contributed by atoms with Gasteiger partial charge in [-0.25, -0.2) is 4.79 Å². The number of urea groups is 1. The quantitative estimate of drug-likeness (QED) is 0.607. The van der Waals surface area contributed by atoms with Crippen LogP contribution in [0.2, 0.25) is 5.02 Å². The lowest BCUT2D eigenvalue weighted by atomic mass is 9.99. The van der Waals surface area contributed by atoms with Crippen LogP contribution in [0.4, 0.5) is 10.5 Å². The molecular weight excluding hydrogens is 330 g/mol. The number of nitrogens with one attached hydrogen (secondary N) is 2. The van der Waals surface area contributed by atoms with E-state index in [0.29, 0.717) is 10.6 Å². The van der Waals surface area contributed by atoms with Gasteiger partial charge in [-0.15, -0.1) is 0 Å². The third-order valence-corrected chi connectivity index (χ3v) is 3.97. The molecule has 2 heterocycles. The van der Waals surface area contributed by atoms with E-state index in [1.54, 1.807) is 24.3 Å². The van der Waals surface area contributed by atoms with Crippen LogP contribution in [-0.2, 0) is 9.59 Å². The fourth-order valence-electron chi connectivity index (χ4n) is 2.77. The van der Waals surface area contributed by atoms with E-state index >= 15 is 0 Å². The number of anilines is 1. The number of carbonyl (C=O) groups excluding carboxylic acids is 3. The van der Waals surface area contributed by atoms with E-state index in [-0.39, 0.29) is 5.57 Å². The molecule has 2 aliphatic rings. The lowest BCUT2D eigenvalue weighted by molar-refractivity contribution is -0.124. The van der Waals surface area contributed by atoms with E-state index < -0.39 is 17.8 Å². The molecule has 0 unspecified atom stereocenters. The molecule has 2 N–H and O–H groups in total. The highest BCUT2D eigenvalue weighted by molar-refractivity contribution is 6.30. The zero-order valence-electron chi connectivity index (χ0n) is 13.0. The lowest BCUT2D eigenvalue weighted by Gasteiger charge is -2.30. The topological polar surface area (TPSA) is 78.5 Å². The molecule has 0 saturated carbocycles. The summed E-state index contributed by atoms with van der Waals surface area (Å²) in [7, 11) is 0. The Hall–Kier alpha value is -2.86. The summed E-state index contributed by atoms with van der Waals surface area (Å²) in [6, 6.07) is 6.54. The highest BCUT2D eigenvalue weighted by Crippen LogP contribution is 2.31. The number of imide groups is 2. The molecule has 6 nitrogen and oxygen atoms in total. The number of carbonyl (C=O) groups is 3. The molecule has 2 aliphatic heterocycles. The van der Waals surface area contributed by atoms with Crippen LogP contribution in [0.15, 0.2) is 59.0 Å². The first-order valence-electron chi connectivity index (χ1n) is 7.20. The maximum absolute atomic E-state index is 12.0. The Morgan fingerprint density at radius 3 is 1.88 bits per heavy atom. The molecule has 4 amide bonds. The van der Waals surface area contributed by atoms with Gasteiger partial charge >= 0.3 is 6.03 Å². The summed E-state index contributed by atoms with van der Waals surface area (Å²) in [6.45, 7) is 3.74. The van der Waals surface area contributed by atoms with Crippen LogP contribution >= 0.6 is 11.6 Å². The van der Waals surface area contributed by atoms with Crippen molar-refractivity contribution in [1.82, 2.24) is 10.6 Å². The van der Waals surface area contributed by atoms with Gasteiger partial charge in [0.2, 0.25) is 0 Å². The second-order valence-corrected chi connectivity index (χ2v) is 5.89. The third-order valence-electron chi connectivity index (χ3n) is 3.72. The molecule has 3 rings (SSSR count). The van der Waals surface area contributed by atoms with Crippen molar-refractivity contribution in [3.63, 3.8) is 0 Å². The first-order valence-corrected chi connectivity index (χ1v) is 7.58. The summed E-state index contributed by atoms with van der Waals surface area (Å²) >= 11 is 5.92. The van der Waals surface area contributed by atoms with Crippen LogP contribution in [0.25, 0.3) is 0 Å².